The summed E-state index contributed by atoms with van der Waals surface area (Å²) >= 11 is 4.26. The van der Waals surface area contributed by atoms with Crippen molar-refractivity contribution >= 4 is 12.6 Å². The Balaban J connectivity index is 1.83. The molecule has 1 nitrogen and oxygen atoms in total. The Labute approximate surface area is 80.9 Å². The van der Waals surface area contributed by atoms with Crippen LogP contribution in [-0.2, 0) is 0 Å². The predicted octanol–water partition coefficient (Wildman–Crippen LogP) is 2.18. The number of thiol groups is 1. The first kappa shape index (κ1) is 8.89. The molecular weight excluding hydrogens is 166 g/mol. The molecule has 1 aliphatic carbocycles. The summed E-state index contributed by atoms with van der Waals surface area (Å²) in [5.41, 5.74) is 0. The minimum absolute atomic E-state index is 0.963. The van der Waals surface area contributed by atoms with Crippen molar-refractivity contribution in [1.82, 2.24) is 4.90 Å². The third-order valence-corrected chi connectivity index (χ3v) is 3.79. The Morgan fingerprint density at radius 2 is 2.17 bits per heavy atom. The minimum atomic E-state index is 0.963. The SMILES string of the molecule is SCCCN1CCC2CCCC21. The van der Waals surface area contributed by atoms with Crippen LogP contribution in [0.4, 0.5) is 0 Å². The van der Waals surface area contributed by atoms with E-state index in [2.05, 4.69) is 17.5 Å². The van der Waals surface area contributed by atoms with Gasteiger partial charge in [-0.05, 0) is 50.4 Å². The molecule has 2 atom stereocenters. The number of hydrogen-bond donors (Lipinski definition) is 1. The van der Waals surface area contributed by atoms with Crippen molar-refractivity contribution in [2.45, 2.75) is 38.1 Å². The van der Waals surface area contributed by atoms with Gasteiger partial charge in [0, 0.05) is 6.04 Å². The number of fused-ring (bicyclic) bond motifs is 1. The second-order valence-corrected chi connectivity index (χ2v) is 4.61. The van der Waals surface area contributed by atoms with Gasteiger partial charge in [0.25, 0.3) is 0 Å². The number of rotatable bonds is 3. The highest BCUT2D eigenvalue weighted by molar-refractivity contribution is 7.80. The molecule has 0 radical (unpaired) electrons. The van der Waals surface area contributed by atoms with Crippen LogP contribution in [-0.4, -0.2) is 29.8 Å². The zero-order valence-electron chi connectivity index (χ0n) is 7.71. The lowest BCUT2D eigenvalue weighted by Crippen LogP contribution is -2.31. The number of nitrogens with zero attached hydrogens (tertiary/aromatic N) is 1. The molecule has 2 fully saturated rings. The highest BCUT2D eigenvalue weighted by Crippen LogP contribution is 2.37. The van der Waals surface area contributed by atoms with Gasteiger partial charge >= 0.3 is 0 Å². The van der Waals surface area contributed by atoms with Gasteiger partial charge in [-0.2, -0.15) is 12.6 Å². The van der Waals surface area contributed by atoms with Gasteiger partial charge in [-0.25, -0.2) is 0 Å². The summed E-state index contributed by atoms with van der Waals surface area (Å²) in [5.74, 6) is 2.11. The predicted molar refractivity (Wildman–Crippen MR) is 55.8 cm³/mol. The van der Waals surface area contributed by atoms with Crippen LogP contribution in [0.15, 0.2) is 0 Å². The zero-order valence-corrected chi connectivity index (χ0v) is 8.60. The van der Waals surface area contributed by atoms with Crippen LogP contribution in [0, 0.1) is 5.92 Å². The molecule has 1 saturated heterocycles. The van der Waals surface area contributed by atoms with Crippen molar-refractivity contribution in [3.8, 4) is 0 Å². The van der Waals surface area contributed by atoms with E-state index in [1.807, 2.05) is 0 Å². The molecule has 2 heteroatoms. The molecule has 2 unspecified atom stereocenters. The lowest BCUT2D eigenvalue weighted by Gasteiger charge is -2.22. The van der Waals surface area contributed by atoms with E-state index in [0.29, 0.717) is 0 Å². The van der Waals surface area contributed by atoms with Gasteiger partial charge in [-0.3, -0.25) is 0 Å². The normalized spacial score (nSPS) is 35.8. The fourth-order valence-corrected chi connectivity index (χ4v) is 3.03. The van der Waals surface area contributed by atoms with Crippen molar-refractivity contribution in [3.05, 3.63) is 0 Å². The molecule has 12 heavy (non-hydrogen) atoms. The van der Waals surface area contributed by atoms with E-state index in [4.69, 9.17) is 0 Å². The van der Waals surface area contributed by atoms with Crippen LogP contribution >= 0.6 is 12.6 Å². The Bertz CT molecular complexity index is 149. The quantitative estimate of drug-likeness (QED) is 0.660. The Kier molecular flexibility index (Phi) is 2.97. The standard InChI is InChI=1S/C10H19NS/c12-8-2-6-11-7-5-9-3-1-4-10(9)11/h9-10,12H,1-8H2. The third kappa shape index (κ3) is 1.64. The Morgan fingerprint density at radius 3 is 3.00 bits per heavy atom. The largest absolute Gasteiger partial charge is 0.300 e. The first-order chi connectivity index (χ1) is 5.92. The van der Waals surface area contributed by atoms with Crippen LogP contribution < -0.4 is 0 Å². The molecule has 70 valence electrons. The Hall–Kier alpha value is 0.310. The summed E-state index contributed by atoms with van der Waals surface area (Å²) in [4.78, 5) is 2.70. The van der Waals surface area contributed by atoms with Crippen LogP contribution in [0.2, 0.25) is 0 Å². The second kappa shape index (κ2) is 4.01. The van der Waals surface area contributed by atoms with E-state index in [-0.39, 0.29) is 0 Å². The van der Waals surface area contributed by atoms with Gasteiger partial charge in [0.1, 0.15) is 0 Å². The maximum absolute atomic E-state index is 4.26. The molecule has 0 amide bonds. The molecule has 0 aromatic carbocycles. The lowest BCUT2D eigenvalue weighted by atomic mass is 10.0. The molecule has 2 rings (SSSR count). The highest BCUT2D eigenvalue weighted by Gasteiger charge is 2.36. The van der Waals surface area contributed by atoms with Crippen LogP contribution in [0.3, 0.4) is 0 Å². The molecule has 0 aromatic rings. The molecule has 1 aliphatic heterocycles. The van der Waals surface area contributed by atoms with E-state index in [1.54, 1.807) is 0 Å². The summed E-state index contributed by atoms with van der Waals surface area (Å²) in [6.45, 7) is 2.66. The smallest absolute Gasteiger partial charge is 0.0124 e. The first-order valence-corrected chi connectivity index (χ1v) is 5.90. The minimum Gasteiger partial charge on any atom is -0.300 e. The van der Waals surface area contributed by atoms with Gasteiger partial charge < -0.3 is 4.90 Å². The van der Waals surface area contributed by atoms with E-state index < -0.39 is 0 Å². The monoisotopic (exact) mass is 185 g/mol. The van der Waals surface area contributed by atoms with Crippen molar-refractivity contribution in [1.29, 1.82) is 0 Å². The fraction of sp³-hybridized carbons (Fsp3) is 1.00. The van der Waals surface area contributed by atoms with Crippen molar-refractivity contribution < 1.29 is 0 Å². The van der Waals surface area contributed by atoms with Gasteiger partial charge in [0.05, 0.1) is 0 Å². The topological polar surface area (TPSA) is 3.24 Å². The first-order valence-electron chi connectivity index (χ1n) is 5.26. The Morgan fingerprint density at radius 1 is 1.25 bits per heavy atom. The second-order valence-electron chi connectivity index (χ2n) is 4.16. The molecule has 0 N–H and O–H groups in total. The van der Waals surface area contributed by atoms with Gasteiger partial charge in [-0.15, -0.1) is 0 Å². The summed E-state index contributed by atoms with van der Waals surface area (Å²) in [7, 11) is 0. The van der Waals surface area contributed by atoms with Gasteiger partial charge in [0.15, 0.2) is 0 Å². The average Bonchev–Trinajstić information content (AvgIpc) is 2.62. The molecular formula is C10H19NS. The van der Waals surface area contributed by atoms with E-state index >= 15 is 0 Å². The van der Waals surface area contributed by atoms with Crippen molar-refractivity contribution in [2.24, 2.45) is 5.92 Å². The molecule has 2 aliphatic rings. The fourth-order valence-electron chi connectivity index (χ4n) is 2.88. The molecule has 0 bridgehead atoms. The summed E-state index contributed by atoms with van der Waals surface area (Å²) < 4.78 is 0. The third-order valence-electron chi connectivity index (χ3n) is 3.48. The van der Waals surface area contributed by atoms with E-state index in [0.717, 1.165) is 17.7 Å². The van der Waals surface area contributed by atoms with E-state index in [1.165, 1.54) is 45.2 Å². The molecule has 0 aromatic heterocycles. The van der Waals surface area contributed by atoms with Crippen LogP contribution in [0.5, 0.6) is 0 Å². The molecule has 0 spiro atoms. The van der Waals surface area contributed by atoms with E-state index in [9.17, 15) is 0 Å². The average molecular weight is 185 g/mol. The maximum Gasteiger partial charge on any atom is 0.0124 e. The van der Waals surface area contributed by atoms with Crippen molar-refractivity contribution in [2.75, 3.05) is 18.8 Å². The van der Waals surface area contributed by atoms with Crippen molar-refractivity contribution in [3.63, 3.8) is 0 Å². The number of hydrogen-bond acceptors (Lipinski definition) is 2. The zero-order chi connectivity index (χ0) is 8.39. The van der Waals surface area contributed by atoms with Crippen LogP contribution in [0.25, 0.3) is 0 Å². The molecule has 1 saturated carbocycles. The van der Waals surface area contributed by atoms with Crippen LogP contribution in [0.1, 0.15) is 32.1 Å². The molecule has 1 heterocycles. The van der Waals surface area contributed by atoms with Gasteiger partial charge in [-0.1, -0.05) is 6.42 Å². The lowest BCUT2D eigenvalue weighted by molar-refractivity contribution is 0.242. The summed E-state index contributed by atoms with van der Waals surface area (Å²) in [6.07, 6.45) is 7.19. The van der Waals surface area contributed by atoms with Gasteiger partial charge in [0.2, 0.25) is 0 Å². The number of likely N-dealkylation sites (tertiary alicyclic amines) is 1. The summed E-state index contributed by atoms with van der Waals surface area (Å²) in [5, 5.41) is 0. The summed E-state index contributed by atoms with van der Waals surface area (Å²) in [6, 6.07) is 0.963. The maximum atomic E-state index is 4.26. The highest BCUT2D eigenvalue weighted by atomic mass is 32.1.